The topological polar surface area (TPSA) is 64.1 Å². The third kappa shape index (κ3) is 7.25. The van der Waals surface area contributed by atoms with Crippen molar-refractivity contribution < 1.29 is 27.8 Å². The van der Waals surface area contributed by atoms with Crippen LogP contribution in [0.1, 0.15) is 44.7 Å². The molecule has 4 aromatic rings. The fraction of sp³-hybridized carbons (Fsp3) is 0.351. The van der Waals surface area contributed by atoms with E-state index < -0.39 is 17.2 Å². The predicted octanol–water partition coefficient (Wildman–Crippen LogP) is 8.02. The van der Waals surface area contributed by atoms with Gasteiger partial charge >= 0.3 is 6.09 Å². The molecule has 3 aromatic carbocycles. The fourth-order valence-electron chi connectivity index (χ4n) is 6.17. The minimum atomic E-state index is -0.706. The average molecular weight is 628 g/mol. The number of halogens is 2. The lowest BCUT2D eigenvalue weighted by atomic mass is 9.86. The quantitative estimate of drug-likeness (QED) is 0.197. The van der Waals surface area contributed by atoms with Crippen molar-refractivity contribution in [1.29, 1.82) is 0 Å². The first-order valence-electron chi connectivity index (χ1n) is 15.6. The molecular formula is C37H39F2N3O4. The van der Waals surface area contributed by atoms with Gasteiger partial charge in [-0.05, 0) is 62.9 Å². The van der Waals surface area contributed by atoms with Crippen LogP contribution < -0.4 is 14.4 Å². The molecule has 6 rings (SSSR count). The summed E-state index contributed by atoms with van der Waals surface area (Å²) in [6, 6.07) is 25.1. The second-order valence-corrected chi connectivity index (χ2v) is 13.2. The monoisotopic (exact) mass is 627 g/mol. The summed E-state index contributed by atoms with van der Waals surface area (Å²) in [4.78, 5) is 20.9. The van der Waals surface area contributed by atoms with Crippen LogP contribution in [-0.2, 0) is 18.0 Å². The standard InChI is InChI=1S/C37H39F2N3O4/c1-36(2,3)46-35(43)42-19-17-37(25-42)16-18-41(24-37)28-20-30(38)33(31(39)21-28)29-14-15-32(44-22-26-10-6-4-7-11-26)40-34(29)45-23-27-12-8-5-9-13-27/h4-15,20-21H,16-19,22-25H2,1-3H3. The summed E-state index contributed by atoms with van der Waals surface area (Å²) in [5.74, 6) is -1.05. The lowest BCUT2D eigenvalue weighted by Crippen LogP contribution is -2.37. The van der Waals surface area contributed by atoms with E-state index in [-0.39, 0.29) is 47.6 Å². The summed E-state index contributed by atoms with van der Waals surface area (Å²) >= 11 is 0. The summed E-state index contributed by atoms with van der Waals surface area (Å²) in [6.45, 7) is 8.42. The lowest BCUT2D eigenvalue weighted by molar-refractivity contribution is 0.0276. The van der Waals surface area contributed by atoms with Gasteiger partial charge in [-0.3, -0.25) is 0 Å². The molecule has 7 nitrogen and oxygen atoms in total. The molecule has 9 heteroatoms. The average Bonchev–Trinajstić information content (AvgIpc) is 3.66. The molecule has 1 atom stereocenters. The molecule has 0 saturated carbocycles. The molecule has 2 aliphatic heterocycles. The molecule has 2 aliphatic rings. The highest BCUT2D eigenvalue weighted by Gasteiger charge is 2.46. The number of hydrogen-bond acceptors (Lipinski definition) is 6. The van der Waals surface area contributed by atoms with Crippen LogP contribution in [0.2, 0.25) is 0 Å². The molecule has 240 valence electrons. The number of pyridine rings is 1. The first-order chi connectivity index (χ1) is 22.1. The van der Waals surface area contributed by atoms with E-state index >= 15 is 8.78 Å². The number of rotatable bonds is 8. The zero-order valence-electron chi connectivity index (χ0n) is 26.5. The van der Waals surface area contributed by atoms with E-state index in [0.717, 1.165) is 24.0 Å². The van der Waals surface area contributed by atoms with E-state index in [9.17, 15) is 4.79 Å². The Balaban J connectivity index is 1.22. The van der Waals surface area contributed by atoms with Gasteiger partial charge in [0, 0.05) is 43.3 Å². The van der Waals surface area contributed by atoms with E-state index in [4.69, 9.17) is 14.2 Å². The molecule has 0 N–H and O–H groups in total. The third-order valence-corrected chi connectivity index (χ3v) is 8.47. The van der Waals surface area contributed by atoms with Gasteiger partial charge in [0.1, 0.15) is 30.4 Å². The van der Waals surface area contributed by atoms with Crippen molar-refractivity contribution in [2.75, 3.05) is 31.1 Å². The Hall–Kier alpha value is -4.66. The molecular weight excluding hydrogens is 588 g/mol. The highest BCUT2D eigenvalue weighted by Crippen LogP contribution is 2.43. The normalized spacial score (nSPS) is 17.8. The van der Waals surface area contributed by atoms with Gasteiger partial charge in [0.05, 0.1) is 11.1 Å². The molecule has 1 unspecified atom stereocenters. The molecule has 3 heterocycles. The largest absolute Gasteiger partial charge is 0.473 e. The van der Waals surface area contributed by atoms with Gasteiger partial charge in [-0.1, -0.05) is 60.7 Å². The van der Waals surface area contributed by atoms with Crippen molar-refractivity contribution in [2.24, 2.45) is 5.41 Å². The van der Waals surface area contributed by atoms with Crippen molar-refractivity contribution in [3.63, 3.8) is 0 Å². The van der Waals surface area contributed by atoms with E-state index in [1.807, 2.05) is 86.3 Å². The number of aromatic nitrogens is 1. The summed E-state index contributed by atoms with van der Waals surface area (Å²) in [5.41, 5.74) is 1.61. The summed E-state index contributed by atoms with van der Waals surface area (Å²) in [7, 11) is 0. The number of anilines is 1. The predicted molar refractivity (Wildman–Crippen MR) is 173 cm³/mol. The van der Waals surface area contributed by atoms with E-state index in [0.29, 0.717) is 31.9 Å². The van der Waals surface area contributed by atoms with Crippen molar-refractivity contribution in [3.8, 4) is 22.9 Å². The van der Waals surface area contributed by atoms with Crippen LogP contribution in [-0.4, -0.2) is 47.8 Å². The van der Waals surface area contributed by atoms with E-state index in [1.165, 1.54) is 12.1 Å². The molecule has 1 spiro atoms. The zero-order chi connectivity index (χ0) is 32.3. The van der Waals surface area contributed by atoms with Crippen LogP contribution in [0.4, 0.5) is 19.3 Å². The molecule has 2 saturated heterocycles. The number of nitrogens with zero attached hydrogens (tertiary/aromatic N) is 3. The van der Waals surface area contributed by atoms with E-state index in [1.54, 1.807) is 17.0 Å². The van der Waals surface area contributed by atoms with Gasteiger partial charge in [-0.25, -0.2) is 13.6 Å². The number of carbonyl (C=O) groups is 1. The minimum absolute atomic E-state index is 0.0771. The van der Waals surface area contributed by atoms with Gasteiger partial charge in [0.15, 0.2) is 0 Å². The maximum absolute atomic E-state index is 15.9. The molecule has 0 radical (unpaired) electrons. The number of likely N-dealkylation sites (tertiary alicyclic amines) is 1. The number of ether oxygens (including phenoxy) is 3. The van der Waals surface area contributed by atoms with Gasteiger partial charge in [-0.2, -0.15) is 4.98 Å². The number of hydrogen-bond donors (Lipinski definition) is 0. The van der Waals surface area contributed by atoms with Crippen LogP contribution in [0.15, 0.2) is 84.9 Å². The van der Waals surface area contributed by atoms with Crippen LogP contribution in [0, 0.1) is 17.0 Å². The Morgan fingerprint density at radius 3 is 2.07 bits per heavy atom. The van der Waals surface area contributed by atoms with Crippen molar-refractivity contribution >= 4 is 11.8 Å². The van der Waals surface area contributed by atoms with Crippen LogP contribution >= 0.6 is 0 Å². The molecule has 1 amide bonds. The van der Waals surface area contributed by atoms with Crippen LogP contribution in [0.25, 0.3) is 11.1 Å². The summed E-state index contributed by atoms with van der Waals surface area (Å²) in [6.07, 6.45) is 1.32. The molecule has 0 bridgehead atoms. The van der Waals surface area contributed by atoms with E-state index in [2.05, 4.69) is 4.98 Å². The van der Waals surface area contributed by atoms with Crippen LogP contribution in [0.5, 0.6) is 11.8 Å². The number of amides is 1. The molecule has 46 heavy (non-hydrogen) atoms. The second kappa shape index (κ2) is 13.0. The molecule has 1 aromatic heterocycles. The van der Waals surface area contributed by atoms with Gasteiger partial charge < -0.3 is 24.0 Å². The Bertz CT molecular complexity index is 1660. The third-order valence-electron chi connectivity index (χ3n) is 8.47. The summed E-state index contributed by atoms with van der Waals surface area (Å²) < 4.78 is 49.3. The first-order valence-corrected chi connectivity index (χ1v) is 15.6. The van der Waals surface area contributed by atoms with Gasteiger partial charge in [0.2, 0.25) is 11.8 Å². The maximum atomic E-state index is 15.9. The lowest BCUT2D eigenvalue weighted by Gasteiger charge is -2.27. The minimum Gasteiger partial charge on any atom is -0.473 e. The fourth-order valence-corrected chi connectivity index (χ4v) is 6.17. The van der Waals surface area contributed by atoms with Crippen molar-refractivity contribution in [1.82, 2.24) is 9.88 Å². The van der Waals surface area contributed by atoms with Crippen molar-refractivity contribution in [3.05, 3.63) is 108 Å². The number of carbonyl (C=O) groups excluding carboxylic acids is 1. The Labute approximate surface area is 268 Å². The van der Waals surface area contributed by atoms with Gasteiger partial charge in [-0.15, -0.1) is 0 Å². The smallest absolute Gasteiger partial charge is 0.410 e. The van der Waals surface area contributed by atoms with Crippen molar-refractivity contribution in [2.45, 2.75) is 52.4 Å². The Morgan fingerprint density at radius 1 is 0.826 bits per heavy atom. The first kappa shape index (κ1) is 31.3. The molecule has 0 aliphatic carbocycles. The molecule has 2 fully saturated rings. The SMILES string of the molecule is CC(C)(C)OC(=O)N1CCC2(CCN(c3cc(F)c(-c4ccc(OCc5ccccc5)nc4OCc4ccccc4)c(F)c3)C2)C1. The van der Waals surface area contributed by atoms with Gasteiger partial charge in [0.25, 0.3) is 0 Å². The maximum Gasteiger partial charge on any atom is 0.410 e. The number of benzene rings is 3. The summed E-state index contributed by atoms with van der Waals surface area (Å²) in [5, 5.41) is 0. The highest BCUT2D eigenvalue weighted by atomic mass is 19.1. The second-order valence-electron chi connectivity index (χ2n) is 13.2. The highest BCUT2D eigenvalue weighted by molar-refractivity contribution is 5.73. The zero-order valence-corrected chi connectivity index (χ0v) is 26.5. The Kier molecular flexibility index (Phi) is 8.84. The van der Waals surface area contributed by atoms with Crippen LogP contribution in [0.3, 0.4) is 0 Å². The Morgan fingerprint density at radius 2 is 1.43 bits per heavy atom.